The van der Waals surface area contributed by atoms with Crippen LogP contribution in [-0.4, -0.2) is 12.6 Å². The first-order valence-corrected chi connectivity index (χ1v) is 7.17. The van der Waals surface area contributed by atoms with E-state index in [0.717, 1.165) is 18.5 Å². The molecule has 0 spiro atoms. The Morgan fingerprint density at radius 2 is 2.00 bits per heavy atom. The molecule has 1 aliphatic rings. The molecule has 1 heteroatoms. The van der Waals surface area contributed by atoms with Crippen LogP contribution >= 0.6 is 0 Å². The van der Waals surface area contributed by atoms with Crippen LogP contribution < -0.4 is 5.32 Å². The van der Waals surface area contributed by atoms with Crippen LogP contribution in [-0.2, 0) is 6.42 Å². The molecule has 94 valence electrons. The second kappa shape index (κ2) is 6.80. The predicted octanol–water partition coefficient (Wildman–Crippen LogP) is 3.79. The molecule has 0 bridgehead atoms. The lowest BCUT2D eigenvalue weighted by Crippen LogP contribution is -2.32. The zero-order valence-electron chi connectivity index (χ0n) is 11.0. The maximum absolute atomic E-state index is 3.64. The summed E-state index contributed by atoms with van der Waals surface area (Å²) >= 11 is 0. The molecule has 0 heterocycles. The fourth-order valence-electron chi connectivity index (χ4n) is 3.13. The highest BCUT2D eigenvalue weighted by Crippen LogP contribution is 2.29. The maximum atomic E-state index is 3.64. The molecule has 2 rings (SSSR count). The molecule has 2 atom stereocenters. The van der Waals surface area contributed by atoms with Crippen LogP contribution in [0.1, 0.15) is 44.6 Å². The van der Waals surface area contributed by atoms with Crippen molar-refractivity contribution in [1.29, 1.82) is 0 Å². The van der Waals surface area contributed by atoms with E-state index in [-0.39, 0.29) is 0 Å². The van der Waals surface area contributed by atoms with Gasteiger partial charge >= 0.3 is 0 Å². The molecule has 1 aromatic carbocycles. The second-order valence-corrected chi connectivity index (χ2v) is 5.23. The number of nitrogens with one attached hydrogen (secondary N) is 1. The normalized spacial score (nSPS) is 24.1. The summed E-state index contributed by atoms with van der Waals surface area (Å²) in [5, 5.41) is 3.64. The third kappa shape index (κ3) is 3.85. The minimum Gasteiger partial charge on any atom is -0.314 e. The van der Waals surface area contributed by atoms with E-state index in [0.29, 0.717) is 0 Å². The summed E-state index contributed by atoms with van der Waals surface area (Å²) in [4.78, 5) is 0. The lowest BCUT2D eigenvalue weighted by atomic mass is 9.95. The van der Waals surface area contributed by atoms with Crippen LogP contribution in [0.4, 0.5) is 0 Å². The molecule has 1 N–H and O–H groups in total. The summed E-state index contributed by atoms with van der Waals surface area (Å²) < 4.78 is 0. The fraction of sp³-hybridized carbons (Fsp3) is 0.625. The zero-order chi connectivity index (χ0) is 11.9. The molecule has 1 fully saturated rings. The predicted molar refractivity (Wildman–Crippen MR) is 74.2 cm³/mol. The molecule has 0 aliphatic heterocycles. The number of hydrogen-bond donors (Lipinski definition) is 1. The van der Waals surface area contributed by atoms with Crippen molar-refractivity contribution in [1.82, 2.24) is 5.32 Å². The Morgan fingerprint density at radius 1 is 1.18 bits per heavy atom. The molecule has 0 amide bonds. The van der Waals surface area contributed by atoms with Gasteiger partial charge in [0, 0.05) is 6.04 Å². The van der Waals surface area contributed by atoms with E-state index in [1.807, 2.05) is 0 Å². The van der Waals surface area contributed by atoms with Crippen LogP contribution in [0.3, 0.4) is 0 Å². The standard InChI is InChI=1S/C16H25N/c1-2-17-16-13-7-12-15(16)11-6-10-14-8-4-3-5-9-14/h3-5,8-9,15-17H,2,6-7,10-13H2,1H3. The van der Waals surface area contributed by atoms with Crippen molar-refractivity contribution in [3.8, 4) is 0 Å². The van der Waals surface area contributed by atoms with Gasteiger partial charge in [0.2, 0.25) is 0 Å². The zero-order valence-corrected chi connectivity index (χ0v) is 11.0. The fourth-order valence-corrected chi connectivity index (χ4v) is 3.13. The molecule has 1 saturated carbocycles. The van der Waals surface area contributed by atoms with Gasteiger partial charge in [-0.05, 0) is 50.1 Å². The summed E-state index contributed by atoms with van der Waals surface area (Å²) in [6.07, 6.45) is 8.24. The average molecular weight is 231 g/mol. The second-order valence-electron chi connectivity index (χ2n) is 5.23. The molecule has 17 heavy (non-hydrogen) atoms. The summed E-state index contributed by atoms with van der Waals surface area (Å²) in [5.74, 6) is 0.929. The van der Waals surface area contributed by atoms with E-state index < -0.39 is 0 Å². The van der Waals surface area contributed by atoms with Crippen LogP contribution in [0, 0.1) is 5.92 Å². The van der Waals surface area contributed by atoms with E-state index in [1.54, 1.807) is 0 Å². The topological polar surface area (TPSA) is 12.0 Å². The van der Waals surface area contributed by atoms with Gasteiger partial charge in [-0.15, -0.1) is 0 Å². The highest BCUT2D eigenvalue weighted by atomic mass is 14.9. The van der Waals surface area contributed by atoms with Gasteiger partial charge in [-0.2, -0.15) is 0 Å². The van der Waals surface area contributed by atoms with Crippen LogP contribution in [0.5, 0.6) is 0 Å². The van der Waals surface area contributed by atoms with Gasteiger partial charge in [-0.1, -0.05) is 43.7 Å². The van der Waals surface area contributed by atoms with E-state index in [2.05, 4.69) is 42.6 Å². The van der Waals surface area contributed by atoms with Gasteiger partial charge in [0.1, 0.15) is 0 Å². The maximum Gasteiger partial charge on any atom is 0.00952 e. The Hall–Kier alpha value is -0.820. The highest BCUT2D eigenvalue weighted by molar-refractivity contribution is 5.14. The summed E-state index contributed by atoms with van der Waals surface area (Å²) in [5.41, 5.74) is 1.49. The van der Waals surface area contributed by atoms with Crippen molar-refractivity contribution in [2.24, 2.45) is 5.92 Å². The molecule has 1 aromatic rings. The number of aryl methyl sites for hydroxylation is 1. The first-order valence-electron chi connectivity index (χ1n) is 7.17. The van der Waals surface area contributed by atoms with Crippen LogP contribution in [0.2, 0.25) is 0 Å². The first kappa shape index (κ1) is 12.6. The Morgan fingerprint density at radius 3 is 2.76 bits per heavy atom. The Labute approximate surface area is 106 Å². The molecule has 0 aromatic heterocycles. The quantitative estimate of drug-likeness (QED) is 0.785. The molecule has 0 radical (unpaired) electrons. The lowest BCUT2D eigenvalue weighted by molar-refractivity contribution is 0.377. The van der Waals surface area contributed by atoms with E-state index in [4.69, 9.17) is 0 Å². The molecule has 1 nitrogen and oxygen atoms in total. The Balaban J connectivity index is 1.71. The van der Waals surface area contributed by atoms with Gasteiger partial charge in [-0.3, -0.25) is 0 Å². The van der Waals surface area contributed by atoms with Gasteiger partial charge in [0.05, 0.1) is 0 Å². The monoisotopic (exact) mass is 231 g/mol. The third-order valence-corrected chi connectivity index (χ3v) is 4.01. The summed E-state index contributed by atoms with van der Waals surface area (Å²) in [6, 6.07) is 11.7. The van der Waals surface area contributed by atoms with Gasteiger partial charge < -0.3 is 5.32 Å². The minimum atomic E-state index is 0.802. The summed E-state index contributed by atoms with van der Waals surface area (Å²) in [7, 11) is 0. The van der Waals surface area contributed by atoms with Crippen molar-refractivity contribution in [3.05, 3.63) is 35.9 Å². The van der Waals surface area contributed by atoms with Crippen molar-refractivity contribution in [2.45, 2.75) is 51.5 Å². The number of benzene rings is 1. The van der Waals surface area contributed by atoms with Crippen molar-refractivity contribution >= 4 is 0 Å². The average Bonchev–Trinajstić information content (AvgIpc) is 2.79. The molecule has 1 aliphatic carbocycles. The molecule has 0 saturated heterocycles. The first-order chi connectivity index (χ1) is 8.40. The molecular formula is C16H25N. The van der Waals surface area contributed by atoms with E-state index in [1.165, 1.54) is 44.1 Å². The van der Waals surface area contributed by atoms with Crippen LogP contribution in [0.15, 0.2) is 30.3 Å². The minimum absolute atomic E-state index is 0.802. The highest BCUT2D eigenvalue weighted by Gasteiger charge is 2.25. The van der Waals surface area contributed by atoms with Gasteiger partial charge in [0.15, 0.2) is 0 Å². The van der Waals surface area contributed by atoms with Crippen LogP contribution in [0.25, 0.3) is 0 Å². The largest absolute Gasteiger partial charge is 0.314 e. The smallest absolute Gasteiger partial charge is 0.00952 e. The SMILES string of the molecule is CCNC1CCCC1CCCc1ccccc1. The number of hydrogen-bond acceptors (Lipinski definition) is 1. The van der Waals surface area contributed by atoms with Gasteiger partial charge in [-0.25, -0.2) is 0 Å². The Kier molecular flexibility index (Phi) is 5.06. The van der Waals surface area contributed by atoms with Crippen molar-refractivity contribution < 1.29 is 0 Å². The van der Waals surface area contributed by atoms with Gasteiger partial charge in [0.25, 0.3) is 0 Å². The molecular weight excluding hydrogens is 206 g/mol. The van der Waals surface area contributed by atoms with Crippen molar-refractivity contribution in [3.63, 3.8) is 0 Å². The van der Waals surface area contributed by atoms with E-state index in [9.17, 15) is 0 Å². The summed E-state index contributed by atoms with van der Waals surface area (Å²) in [6.45, 7) is 3.35. The number of rotatable bonds is 6. The Bertz CT molecular complexity index is 307. The van der Waals surface area contributed by atoms with E-state index >= 15 is 0 Å². The van der Waals surface area contributed by atoms with Crippen molar-refractivity contribution in [2.75, 3.05) is 6.54 Å². The molecule has 2 unspecified atom stereocenters. The lowest BCUT2D eigenvalue weighted by Gasteiger charge is -2.20. The third-order valence-electron chi connectivity index (χ3n) is 4.01.